The van der Waals surface area contributed by atoms with Gasteiger partial charge in [-0.1, -0.05) is 76.2 Å². The van der Waals surface area contributed by atoms with Crippen LogP contribution in [0.25, 0.3) is 0 Å². The molecule has 1 saturated carbocycles. The van der Waals surface area contributed by atoms with Crippen molar-refractivity contribution in [2.75, 3.05) is 13.7 Å². The standard InChI is InChI=1S/C21H36O2.C19H31NO5/c1-4-11-19(12-5-2)21(22)16-9-7-6-8-13-18-14-10-15-20(17-18)23-3;1-4-5-6-7-8-11-14(2)19(3,25)16(21)17(22)20-13-10-9-12-15(20)18(23)24/h4-5,18-20H,1-2,6-17H2,3H3;4-5,14-15,25H,6-13H2,1-3H3,(H,23,24)/b;5-4-/t18-,20?;14?,15?,19-/m11/s1. The number of ether oxygens (including phenoxy) is 1. The number of piperidine rings is 1. The molecule has 2 fully saturated rings. The third-order valence-corrected chi connectivity index (χ3v) is 10.4. The summed E-state index contributed by atoms with van der Waals surface area (Å²) in [7, 11) is 1.84. The number of methoxy groups -OCH3 is 1. The molecule has 0 aromatic rings. The third-order valence-electron chi connectivity index (χ3n) is 10.4. The molecule has 1 aliphatic heterocycles. The Morgan fingerprint density at radius 1 is 0.958 bits per heavy atom. The highest BCUT2D eigenvalue weighted by Crippen LogP contribution is 2.30. The van der Waals surface area contributed by atoms with E-state index >= 15 is 0 Å². The van der Waals surface area contributed by atoms with Crippen LogP contribution in [0.4, 0.5) is 0 Å². The second-order valence-electron chi connectivity index (χ2n) is 14.1. The number of hydrogen-bond acceptors (Lipinski definition) is 6. The van der Waals surface area contributed by atoms with Crippen LogP contribution in [0.5, 0.6) is 0 Å². The van der Waals surface area contributed by atoms with Gasteiger partial charge in [0.05, 0.1) is 6.10 Å². The van der Waals surface area contributed by atoms with Crippen LogP contribution in [0, 0.1) is 17.8 Å². The van der Waals surface area contributed by atoms with Crippen LogP contribution in [0.2, 0.25) is 0 Å². The Morgan fingerprint density at radius 3 is 2.27 bits per heavy atom. The molecule has 0 spiro atoms. The second-order valence-corrected chi connectivity index (χ2v) is 14.1. The molecule has 0 aromatic heterocycles. The first kappa shape index (κ1) is 43.4. The lowest BCUT2D eigenvalue weighted by Gasteiger charge is -2.35. The number of unbranched alkanes of at least 4 members (excludes halogenated alkanes) is 5. The number of carboxylic acids is 1. The number of aliphatic hydroxyl groups is 1. The summed E-state index contributed by atoms with van der Waals surface area (Å²) in [5.41, 5.74) is -1.78. The largest absolute Gasteiger partial charge is 0.480 e. The molecule has 8 heteroatoms. The van der Waals surface area contributed by atoms with E-state index < -0.39 is 29.3 Å². The van der Waals surface area contributed by atoms with E-state index in [1.54, 1.807) is 6.92 Å². The smallest absolute Gasteiger partial charge is 0.326 e. The fourth-order valence-electron chi connectivity index (χ4n) is 6.93. The summed E-state index contributed by atoms with van der Waals surface area (Å²) >= 11 is 0. The van der Waals surface area contributed by atoms with Crippen molar-refractivity contribution in [2.45, 2.75) is 161 Å². The number of aliphatic carboxylic acids is 1. The topological polar surface area (TPSA) is 121 Å². The number of carboxylic acid groups (broad SMARTS) is 1. The van der Waals surface area contributed by atoms with Crippen molar-refractivity contribution >= 4 is 23.4 Å². The van der Waals surface area contributed by atoms with Gasteiger partial charge in [0.2, 0.25) is 0 Å². The summed E-state index contributed by atoms with van der Waals surface area (Å²) < 4.78 is 5.50. The maximum atomic E-state index is 12.6. The summed E-state index contributed by atoms with van der Waals surface area (Å²) in [5, 5.41) is 19.9. The van der Waals surface area contributed by atoms with Crippen LogP contribution in [0.1, 0.15) is 143 Å². The van der Waals surface area contributed by atoms with Gasteiger partial charge in [0.15, 0.2) is 0 Å². The fourth-order valence-corrected chi connectivity index (χ4v) is 6.93. The van der Waals surface area contributed by atoms with E-state index in [2.05, 4.69) is 19.2 Å². The summed E-state index contributed by atoms with van der Waals surface area (Å²) in [6.07, 6.45) is 27.0. The highest BCUT2D eigenvalue weighted by Gasteiger charge is 2.44. The van der Waals surface area contributed by atoms with Crippen LogP contribution in [-0.4, -0.2) is 70.0 Å². The maximum absolute atomic E-state index is 12.6. The molecule has 1 aliphatic carbocycles. The first-order valence-electron chi connectivity index (χ1n) is 18.6. The number of allylic oxidation sites excluding steroid dienone is 4. The van der Waals surface area contributed by atoms with Crippen molar-refractivity contribution in [2.24, 2.45) is 17.8 Å². The molecule has 0 radical (unpaired) electrons. The van der Waals surface area contributed by atoms with Gasteiger partial charge in [-0.15, -0.1) is 13.2 Å². The highest BCUT2D eigenvalue weighted by atomic mass is 16.5. The predicted octanol–water partition coefficient (Wildman–Crippen LogP) is 8.41. The summed E-state index contributed by atoms with van der Waals surface area (Å²) in [4.78, 5) is 49.7. The quantitative estimate of drug-likeness (QED) is 0.0672. The minimum atomic E-state index is -1.78. The Kier molecular flexibility index (Phi) is 22.2. The first-order valence-corrected chi connectivity index (χ1v) is 18.6. The number of amides is 1. The van der Waals surface area contributed by atoms with E-state index in [4.69, 9.17) is 4.74 Å². The second kappa shape index (κ2) is 24.5. The molecule has 2 N–H and O–H groups in total. The molecule has 1 saturated heterocycles. The molecule has 2 aliphatic rings. The van der Waals surface area contributed by atoms with Crippen molar-refractivity contribution in [1.29, 1.82) is 0 Å². The molecule has 2 rings (SSSR count). The van der Waals surface area contributed by atoms with Crippen LogP contribution >= 0.6 is 0 Å². The van der Waals surface area contributed by atoms with E-state index in [9.17, 15) is 29.4 Å². The molecule has 1 amide bonds. The molecule has 3 unspecified atom stereocenters. The predicted molar refractivity (Wildman–Crippen MR) is 194 cm³/mol. The number of nitrogens with zero attached hydrogens (tertiary/aromatic N) is 1. The number of carbonyl (C=O) groups is 4. The maximum Gasteiger partial charge on any atom is 0.326 e. The Morgan fingerprint density at radius 2 is 1.65 bits per heavy atom. The van der Waals surface area contributed by atoms with Gasteiger partial charge in [-0.25, -0.2) is 4.79 Å². The zero-order valence-electron chi connectivity index (χ0n) is 30.6. The van der Waals surface area contributed by atoms with Crippen LogP contribution in [0.3, 0.4) is 0 Å². The fraction of sp³-hybridized carbons (Fsp3) is 0.750. The molecule has 0 bridgehead atoms. The van der Waals surface area contributed by atoms with Gasteiger partial charge in [0, 0.05) is 26.0 Å². The van der Waals surface area contributed by atoms with E-state index in [0.717, 1.165) is 55.8 Å². The Hall–Kier alpha value is -2.58. The number of ketones is 2. The lowest BCUT2D eigenvalue weighted by Crippen LogP contribution is -2.56. The van der Waals surface area contributed by atoms with Gasteiger partial charge in [0.1, 0.15) is 17.4 Å². The number of carbonyl (C=O) groups excluding carboxylic acids is 3. The zero-order valence-corrected chi connectivity index (χ0v) is 30.6. The normalized spacial score (nSPS) is 21.5. The Balaban J connectivity index is 0.000000482. The summed E-state index contributed by atoms with van der Waals surface area (Å²) in [5.74, 6) is -1.89. The van der Waals surface area contributed by atoms with E-state index in [1.807, 2.05) is 32.3 Å². The van der Waals surface area contributed by atoms with Gasteiger partial charge in [-0.05, 0) is 96.3 Å². The van der Waals surface area contributed by atoms with E-state index in [-0.39, 0.29) is 18.4 Å². The molecule has 5 atom stereocenters. The average molecular weight is 674 g/mol. The molecule has 274 valence electrons. The van der Waals surface area contributed by atoms with Crippen LogP contribution < -0.4 is 0 Å². The summed E-state index contributed by atoms with van der Waals surface area (Å²) in [6.45, 7) is 12.8. The minimum absolute atomic E-state index is 0.109. The lowest BCUT2D eigenvalue weighted by molar-refractivity contribution is -0.163. The van der Waals surface area contributed by atoms with E-state index in [0.29, 0.717) is 37.6 Å². The molecule has 0 aromatic carbocycles. The van der Waals surface area contributed by atoms with Crippen molar-refractivity contribution < 1.29 is 34.1 Å². The molecular formula is C40H67NO7. The van der Waals surface area contributed by atoms with E-state index in [1.165, 1.54) is 58.3 Å². The number of likely N-dealkylation sites (tertiary alicyclic amines) is 1. The Bertz CT molecular complexity index is 1010. The molecule has 8 nitrogen and oxygen atoms in total. The zero-order chi connectivity index (χ0) is 36.0. The summed E-state index contributed by atoms with van der Waals surface area (Å²) in [6, 6.07) is -0.975. The number of hydrogen-bond donors (Lipinski definition) is 2. The lowest BCUT2D eigenvalue weighted by atomic mass is 9.82. The van der Waals surface area contributed by atoms with Gasteiger partial charge < -0.3 is 19.8 Å². The van der Waals surface area contributed by atoms with Gasteiger partial charge in [0.25, 0.3) is 11.7 Å². The van der Waals surface area contributed by atoms with Crippen molar-refractivity contribution in [3.63, 3.8) is 0 Å². The van der Waals surface area contributed by atoms with Gasteiger partial charge in [-0.2, -0.15) is 0 Å². The number of Topliss-reactive ketones (excluding diaryl/α,β-unsaturated/α-hetero) is 2. The van der Waals surface area contributed by atoms with Gasteiger partial charge in [-0.3, -0.25) is 14.4 Å². The number of rotatable bonds is 22. The van der Waals surface area contributed by atoms with Crippen molar-refractivity contribution in [3.8, 4) is 0 Å². The van der Waals surface area contributed by atoms with Crippen molar-refractivity contribution in [1.82, 2.24) is 4.90 Å². The average Bonchev–Trinajstić information content (AvgIpc) is 3.08. The molecule has 48 heavy (non-hydrogen) atoms. The monoisotopic (exact) mass is 673 g/mol. The SMILES string of the molecule is C/C=C\CCCCC(C)[C@@](C)(O)C(=O)C(=O)N1CCCCC1C(=O)O.C=CCC(CC=C)C(=O)CCCCCC[C@@H]1CCCC(OC)C1. The third kappa shape index (κ3) is 15.8. The first-order chi connectivity index (χ1) is 22.9. The molecule has 1 heterocycles. The Labute approximate surface area is 291 Å². The van der Waals surface area contributed by atoms with Crippen LogP contribution in [-0.2, 0) is 23.9 Å². The van der Waals surface area contributed by atoms with Crippen LogP contribution in [0.15, 0.2) is 37.5 Å². The molecular weight excluding hydrogens is 606 g/mol. The minimum Gasteiger partial charge on any atom is -0.480 e. The van der Waals surface area contributed by atoms with Gasteiger partial charge >= 0.3 is 5.97 Å². The highest BCUT2D eigenvalue weighted by molar-refractivity contribution is 6.39. The van der Waals surface area contributed by atoms with Crippen molar-refractivity contribution in [3.05, 3.63) is 37.5 Å².